The molecule has 1 aromatic rings. The van der Waals surface area contributed by atoms with Crippen molar-refractivity contribution in [2.75, 3.05) is 0 Å². The molecule has 0 radical (unpaired) electrons. The van der Waals surface area contributed by atoms with Crippen molar-refractivity contribution in [3.05, 3.63) is 41.8 Å². The van der Waals surface area contributed by atoms with E-state index in [2.05, 4.69) is 0 Å². The van der Waals surface area contributed by atoms with Gasteiger partial charge in [-0.25, -0.2) is 4.79 Å². The highest BCUT2D eigenvalue weighted by molar-refractivity contribution is 7.86. The summed E-state index contributed by atoms with van der Waals surface area (Å²) in [6.07, 6.45) is 1.04. The molecule has 1 unspecified atom stereocenters. The van der Waals surface area contributed by atoms with Crippen molar-refractivity contribution in [3.63, 3.8) is 0 Å². The van der Waals surface area contributed by atoms with Crippen molar-refractivity contribution in [2.24, 2.45) is 5.41 Å². The first kappa shape index (κ1) is 18.3. The smallest absolute Gasteiger partial charge is 0.411 e. The van der Waals surface area contributed by atoms with Crippen LogP contribution in [-0.4, -0.2) is 30.6 Å². The van der Waals surface area contributed by atoms with Crippen LogP contribution in [-0.2, 0) is 14.3 Å². The van der Waals surface area contributed by atoms with Crippen LogP contribution in [0.4, 0.5) is 4.79 Å². The molecule has 0 saturated heterocycles. The van der Waals surface area contributed by atoms with Gasteiger partial charge in [-0.15, -0.1) is 0 Å². The molecule has 2 rings (SSSR count). The van der Waals surface area contributed by atoms with E-state index in [-0.39, 0.29) is 22.1 Å². The van der Waals surface area contributed by atoms with Crippen LogP contribution in [0, 0.1) is 12.3 Å². The summed E-state index contributed by atoms with van der Waals surface area (Å²) in [7, 11) is -3.97. The molecule has 24 heavy (non-hydrogen) atoms. The van der Waals surface area contributed by atoms with Crippen molar-refractivity contribution in [1.82, 2.24) is 4.90 Å². The number of carbonyl (C=O) groups is 1. The molecule has 1 aliphatic heterocycles. The Morgan fingerprint density at radius 2 is 1.83 bits per heavy atom. The van der Waals surface area contributed by atoms with E-state index in [1.165, 1.54) is 18.3 Å². The van der Waals surface area contributed by atoms with Crippen LogP contribution in [0.3, 0.4) is 0 Å². The minimum absolute atomic E-state index is 0.0498. The fourth-order valence-corrected chi connectivity index (χ4v) is 3.70. The fourth-order valence-electron chi connectivity index (χ4n) is 2.72. The average Bonchev–Trinajstić information content (AvgIpc) is 2.46. The fraction of sp³-hybridized carbons (Fsp3) is 0.471. The van der Waals surface area contributed by atoms with Crippen molar-refractivity contribution in [2.45, 2.75) is 51.5 Å². The second-order valence-corrected chi connectivity index (χ2v) is 8.60. The van der Waals surface area contributed by atoms with Gasteiger partial charge in [-0.05, 0) is 30.9 Å². The lowest BCUT2D eigenvalue weighted by atomic mass is 9.82. The Labute approximate surface area is 142 Å². The molecular formula is C17H23NO5S. The molecule has 0 fully saturated rings. The van der Waals surface area contributed by atoms with Gasteiger partial charge in [-0.2, -0.15) is 8.42 Å². The van der Waals surface area contributed by atoms with Crippen LogP contribution in [0.2, 0.25) is 0 Å². The zero-order valence-corrected chi connectivity index (χ0v) is 15.1. The Morgan fingerprint density at radius 1 is 1.25 bits per heavy atom. The van der Waals surface area contributed by atoms with Gasteiger partial charge in [0, 0.05) is 12.5 Å². The molecule has 1 N–H and O–H groups in total. The van der Waals surface area contributed by atoms with Gasteiger partial charge >= 0.3 is 16.2 Å². The zero-order valence-electron chi connectivity index (χ0n) is 14.3. The first-order chi connectivity index (χ1) is 11.0. The Kier molecular flexibility index (Phi) is 4.94. The summed E-state index contributed by atoms with van der Waals surface area (Å²) in [6.45, 7) is 7.72. The number of hydrogen-bond acceptors (Lipinski definition) is 4. The summed E-state index contributed by atoms with van der Waals surface area (Å²) in [5, 5.41) is 9.41. The largest absolute Gasteiger partial charge is 0.465 e. The molecule has 0 saturated carbocycles. The molecule has 7 heteroatoms. The van der Waals surface area contributed by atoms with E-state index in [1.807, 2.05) is 27.7 Å². The normalized spacial score (nSPS) is 18.9. The second kappa shape index (κ2) is 6.47. The molecule has 1 atom stereocenters. The van der Waals surface area contributed by atoms with Crippen LogP contribution >= 0.6 is 0 Å². The highest BCUT2D eigenvalue weighted by Gasteiger charge is 2.36. The number of nitrogens with zero attached hydrogens (tertiary/aromatic N) is 1. The van der Waals surface area contributed by atoms with E-state index in [0.29, 0.717) is 12.8 Å². The van der Waals surface area contributed by atoms with E-state index >= 15 is 0 Å². The van der Waals surface area contributed by atoms with Gasteiger partial charge in [0.15, 0.2) is 0 Å². The summed E-state index contributed by atoms with van der Waals surface area (Å²) in [4.78, 5) is 12.7. The van der Waals surface area contributed by atoms with E-state index in [4.69, 9.17) is 4.18 Å². The number of rotatable bonds is 3. The van der Waals surface area contributed by atoms with Gasteiger partial charge in [0.1, 0.15) is 10.7 Å². The van der Waals surface area contributed by atoms with Crippen molar-refractivity contribution < 1.29 is 22.5 Å². The van der Waals surface area contributed by atoms with Crippen LogP contribution in [0.1, 0.15) is 39.2 Å². The molecule has 0 aromatic heterocycles. The highest BCUT2D eigenvalue weighted by Crippen LogP contribution is 2.34. The zero-order chi connectivity index (χ0) is 18.1. The third-order valence-electron chi connectivity index (χ3n) is 4.03. The van der Waals surface area contributed by atoms with E-state index in [1.54, 1.807) is 12.1 Å². The van der Waals surface area contributed by atoms with Crippen molar-refractivity contribution >= 4 is 16.2 Å². The summed E-state index contributed by atoms with van der Waals surface area (Å²) >= 11 is 0. The van der Waals surface area contributed by atoms with Crippen LogP contribution in [0.25, 0.3) is 0 Å². The summed E-state index contributed by atoms with van der Waals surface area (Å²) in [5.74, 6) is 0.137. The van der Waals surface area contributed by atoms with E-state index < -0.39 is 16.2 Å². The molecule has 6 nitrogen and oxygen atoms in total. The summed E-state index contributed by atoms with van der Waals surface area (Å²) in [6, 6.07) is 6.08. The topological polar surface area (TPSA) is 83.9 Å². The predicted octanol–water partition coefficient (Wildman–Crippen LogP) is 3.73. The number of carboxylic acid groups (broad SMARTS) is 1. The molecular weight excluding hydrogens is 330 g/mol. The molecule has 0 spiro atoms. The maximum absolute atomic E-state index is 12.3. The van der Waals surface area contributed by atoms with Crippen molar-refractivity contribution in [3.8, 4) is 0 Å². The first-order valence-corrected chi connectivity index (χ1v) is 9.14. The van der Waals surface area contributed by atoms with Crippen molar-refractivity contribution in [1.29, 1.82) is 0 Å². The molecule has 1 amide bonds. The maximum Gasteiger partial charge on any atom is 0.411 e. The van der Waals surface area contributed by atoms with E-state index in [0.717, 1.165) is 10.5 Å². The molecule has 0 bridgehead atoms. The third kappa shape index (κ3) is 4.08. The van der Waals surface area contributed by atoms with Gasteiger partial charge < -0.3 is 9.29 Å². The minimum atomic E-state index is -3.97. The lowest BCUT2D eigenvalue weighted by molar-refractivity contribution is 0.0945. The average molecular weight is 353 g/mol. The number of aryl methyl sites for hydroxylation is 1. The highest BCUT2D eigenvalue weighted by atomic mass is 32.2. The second-order valence-electron chi connectivity index (χ2n) is 7.06. The third-order valence-corrected chi connectivity index (χ3v) is 5.31. The van der Waals surface area contributed by atoms with Crippen LogP contribution in [0.5, 0.6) is 0 Å². The first-order valence-electron chi connectivity index (χ1n) is 7.74. The van der Waals surface area contributed by atoms with Crippen LogP contribution in [0.15, 0.2) is 41.1 Å². The molecule has 132 valence electrons. The molecule has 1 heterocycles. The number of amides is 1. The van der Waals surface area contributed by atoms with Gasteiger partial charge in [-0.3, -0.25) is 4.90 Å². The van der Waals surface area contributed by atoms with Crippen LogP contribution < -0.4 is 0 Å². The Balaban J connectivity index is 2.26. The molecule has 0 aliphatic carbocycles. The number of benzene rings is 1. The van der Waals surface area contributed by atoms with Gasteiger partial charge in [0.2, 0.25) is 0 Å². The lowest BCUT2D eigenvalue weighted by Gasteiger charge is -2.39. The molecule has 1 aliphatic rings. The quantitative estimate of drug-likeness (QED) is 0.837. The maximum atomic E-state index is 12.3. The summed E-state index contributed by atoms with van der Waals surface area (Å²) in [5.41, 5.74) is 0.687. The van der Waals surface area contributed by atoms with Gasteiger partial charge in [-0.1, -0.05) is 38.5 Å². The minimum Gasteiger partial charge on any atom is -0.465 e. The number of hydrogen-bond donors (Lipinski definition) is 1. The standard InChI is InChI=1S/C17H23NO5S/c1-12-5-8-14(9-6-12)24(21,22)23-13-7-10-15(17(2,3)4)18(11-13)16(19)20/h5-6,8-9,11,15H,7,10H2,1-4H3,(H,19,20). The summed E-state index contributed by atoms with van der Waals surface area (Å²) < 4.78 is 29.8. The Morgan fingerprint density at radius 3 is 2.33 bits per heavy atom. The van der Waals surface area contributed by atoms with Gasteiger partial charge in [0.25, 0.3) is 0 Å². The Bertz CT molecular complexity index is 744. The SMILES string of the molecule is Cc1ccc(S(=O)(=O)OC2=CN(C(=O)O)C(C(C)(C)C)CC2)cc1. The van der Waals surface area contributed by atoms with Gasteiger partial charge in [0.05, 0.1) is 6.20 Å². The lowest BCUT2D eigenvalue weighted by Crippen LogP contribution is -2.46. The monoisotopic (exact) mass is 353 g/mol. The predicted molar refractivity (Wildman–Crippen MR) is 89.9 cm³/mol. The molecule has 1 aromatic carbocycles. The Hall–Kier alpha value is -2.02. The van der Waals surface area contributed by atoms with E-state index in [9.17, 15) is 18.3 Å². The number of allylic oxidation sites excluding steroid dienone is 1.